The van der Waals surface area contributed by atoms with Crippen LogP contribution in [0.1, 0.15) is 17.2 Å². The zero-order valence-electron chi connectivity index (χ0n) is 15.6. The standard InChI is InChI=1S/C23H16N2O5/c26-21(16-11-13-18(14-12-16)25(29)30)19-20(15-7-3-1-4-8-15)24(23(28)22(19)27)17-9-5-2-6-10-17/h1-14,20,26H/b21-19+/t20-/m0/s1. The lowest BCUT2D eigenvalue weighted by molar-refractivity contribution is -0.384. The Morgan fingerprint density at radius 1 is 0.867 bits per heavy atom. The van der Waals surface area contributed by atoms with Crippen LogP contribution in [0.15, 0.2) is 90.5 Å². The van der Waals surface area contributed by atoms with Crippen LogP contribution in [-0.2, 0) is 9.59 Å². The molecule has 1 N–H and O–H groups in total. The van der Waals surface area contributed by atoms with E-state index in [4.69, 9.17) is 0 Å². The number of nitro groups is 1. The predicted octanol–water partition coefficient (Wildman–Crippen LogP) is 4.22. The number of hydrogen-bond acceptors (Lipinski definition) is 5. The van der Waals surface area contributed by atoms with Gasteiger partial charge in [0, 0.05) is 23.4 Å². The number of nitrogens with zero attached hydrogens (tertiary/aromatic N) is 2. The van der Waals surface area contributed by atoms with Crippen molar-refractivity contribution in [2.24, 2.45) is 0 Å². The molecule has 7 nitrogen and oxygen atoms in total. The molecule has 7 heteroatoms. The molecular formula is C23H16N2O5. The molecule has 0 aromatic heterocycles. The minimum atomic E-state index is -0.830. The normalized spacial score (nSPS) is 17.9. The summed E-state index contributed by atoms with van der Waals surface area (Å²) in [5.41, 5.74) is 1.19. The number of amides is 1. The van der Waals surface area contributed by atoms with Crippen molar-refractivity contribution < 1.29 is 19.6 Å². The van der Waals surface area contributed by atoms with Crippen LogP contribution >= 0.6 is 0 Å². The maximum Gasteiger partial charge on any atom is 0.300 e. The van der Waals surface area contributed by atoms with Crippen LogP contribution in [0.25, 0.3) is 5.76 Å². The molecule has 3 aromatic carbocycles. The van der Waals surface area contributed by atoms with E-state index in [9.17, 15) is 24.8 Å². The lowest BCUT2D eigenvalue weighted by Gasteiger charge is -2.25. The van der Waals surface area contributed by atoms with Crippen molar-refractivity contribution in [3.05, 3.63) is 112 Å². The van der Waals surface area contributed by atoms with Gasteiger partial charge in [0.1, 0.15) is 5.76 Å². The van der Waals surface area contributed by atoms with Crippen LogP contribution < -0.4 is 4.90 Å². The third-order valence-electron chi connectivity index (χ3n) is 4.95. The van der Waals surface area contributed by atoms with Gasteiger partial charge in [0.15, 0.2) is 0 Å². The summed E-state index contributed by atoms with van der Waals surface area (Å²) in [5, 5.41) is 21.8. The molecule has 0 unspecified atom stereocenters. The van der Waals surface area contributed by atoms with Crippen molar-refractivity contribution in [3.63, 3.8) is 0 Å². The third kappa shape index (κ3) is 3.22. The van der Waals surface area contributed by atoms with Gasteiger partial charge in [0.2, 0.25) is 0 Å². The van der Waals surface area contributed by atoms with Crippen LogP contribution in [0.4, 0.5) is 11.4 Å². The summed E-state index contributed by atoms with van der Waals surface area (Å²) < 4.78 is 0. The Morgan fingerprint density at radius 3 is 2.00 bits per heavy atom. The first-order valence-electron chi connectivity index (χ1n) is 9.15. The number of para-hydroxylation sites is 1. The Morgan fingerprint density at radius 2 is 1.43 bits per heavy atom. The van der Waals surface area contributed by atoms with E-state index in [1.165, 1.54) is 29.2 Å². The Balaban J connectivity index is 1.90. The molecule has 30 heavy (non-hydrogen) atoms. The maximum atomic E-state index is 12.9. The number of carbonyl (C=O) groups excluding carboxylic acids is 2. The van der Waals surface area contributed by atoms with E-state index in [0.29, 0.717) is 11.3 Å². The maximum absolute atomic E-state index is 12.9. The summed E-state index contributed by atoms with van der Waals surface area (Å²) in [6.45, 7) is 0. The van der Waals surface area contributed by atoms with Crippen LogP contribution in [0, 0.1) is 10.1 Å². The topological polar surface area (TPSA) is 101 Å². The van der Waals surface area contributed by atoms with Gasteiger partial charge in [0.05, 0.1) is 16.5 Å². The number of rotatable bonds is 4. The molecule has 0 spiro atoms. The van der Waals surface area contributed by atoms with E-state index in [2.05, 4.69) is 0 Å². The van der Waals surface area contributed by atoms with E-state index in [0.717, 1.165) is 0 Å². The molecule has 0 bridgehead atoms. The van der Waals surface area contributed by atoms with E-state index in [-0.39, 0.29) is 22.6 Å². The second kappa shape index (κ2) is 7.63. The number of ketones is 1. The van der Waals surface area contributed by atoms with Crippen molar-refractivity contribution in [1.29, 1.82) is 0 Å². The summed E-state index contributed by atoms with van der Waals surface area (Å²) in [6, 6.07) is 22.0. The molecule has 1 atom stereocenters. The highest BCUT2D eigenvalue weighted by Gasteiger charge is 2.46. The number of aliphatic hydroxyl groups is 1. The lowest BCUT2D eigenvalue weighted by atomic mass is 9.95. The highest BCUT2D eigenvalue weighted by Crippen LogP contribution is 2.42. The van der Waals surface area contributed by atoms with Crippen molar-refractivity contribution in [2.45, 2.75) is 6.04 Å². The Kier molecular flexibility index (Phi) is 4.85. The van der Waals surface area contributed by atoms with E-state index < -0.39 is 22.7 Å². The van der Waals surface area contributed by atoms with E-state index >= 15 is 0 Å². The largest absolute Gasteiger partial charge is 0.507 e. The Labute approximate surface area is 171 Å². The monoisotopic (exact) mass is 400 g/mol. The number of hydrogen-bond donors (Lipinski definition) is 1. The molecule has 0 saturated carbocycles. The average Bonchev–Trinajstić information content (AvgIpc) is 3.05. The average molecular weight is 400 g/mol. The molecule has 0 aliphatic carbocycles. The van der Waals surface area contributed by atoms with Crippen LogP contribution in [0.2, 0.25) is 0 Å². The van der Waals surface area contributed by atoms with E-state index in [1.807, 2.05) is 6.07 Å². The first-order valence-corrected chi connectivity index (χ1v) is 9.15. The van der Waals surface area contributed by atoms with Gasteiger partial charge in [-0.3, -0.25) is 24.6 Å². The van der Waals surface area contributed by atoms with Gasteiger partial charge in [-0.25, -0.2) is 0 Å². The number of nitro benzene ring substituents is 1. The second-order valence-corrected chi connectivity index (χ2v) is 6.72. The van der Waals surface area contributed by atoms with Gasteiger partial charge in [-0.05, 0) is 29.8 Å². The minimum Gasteiger partial charge on any atom is -0.507 e. The molecule has 3 aromatic rings. The molecule has 1 aliphatic rings. The SMILES string of the molecule is O=C1C(=O)N(c2ccccc2)[C@@H](c2ccccc2)/C1=C(\O)c1ccc([N+](=O)[O-])cc1. The van der Waals surface area contributed by atoms with Gasteiger partial charge in [-0.1, -0.05) is 48.5 Å². The molecule has 1 amide bonds. The van der Waals surface area contributed by atoms with Gasteiger partial charge in [-0.2, -0.15) is 0 Å². The second-order valence-electron chi connectivity index (χ2n) is 6.72. The number of non-ortho nitro benzene ring substituents is 1. The number of carbonyl (C=O) groups is 2. The number of aliphatic hydroxyl groups excluding tert-OH is 1. The van der Waals surface area contributed by atoms with Gasteiger partial charge >= 0.3 is 0 Å². The Bertz CT molecular complexity index is 1160. The van der Waals surface area contributed by atoms with Crippen molar-refractivity contribution in [3.8, 4) is 0 Å². The van der Waals surface area contributed by atoms with Crippen molar-refractivity contribution >= 4 is 28.8 Å². The smallest absolute Gasteiger partial charge is 0.300 e. The summed E-state index contributed by atoms with van der Waals surface area (Å²) >= 11 is 0. The molecule has 4 rings (SSSR count). The zero-order chi connectivity index (χ0) is 21.3. The molecule has 1 aliphatic heterocycles. The fraction of sp³-hybridized carbons (Fsp3) is 0.0435. The summed E-state index contributed by atoms with van der Waals surface area (Å²) in [6.07, 6.45) is 0. The number of anilines is 1. The number of Topliss-reactive ketones (excluding diaryl/α,β-unsaturated/α-hetero) is 1. The van der Waals surface area contributed by atoms with Crippen molar-refractivity contribution in [1.82, 2.24) is 0 Å². The first-order chi connectivity index (χ1) is 14.5. The highest BCUT2D eigenvalue weighted by molar-refractivity contribution is 6.51. The number of benzene rings is 3. The van der Waals surface area contributed by atoms with Crippen LogP contribution in [0.3, 0.4) is 0 Å². The lowest BCUT2D eigenvalue weighted by Crippen LogP contribution is -2.29. The summed E-state index contributed by atoms with van der Waals surface area (Å²) in [5.74, 6) is -1.95. The van der Waals surface area contributed by atoms with Crippen molar-refractivity contribution in [2.75, 3.05) is 4.90 Å². The molecule has 0 radical (unpaired) electrons. The Hall–Kier alpha value is -4.26. The summed E-state index contributed by atoms with van der Waals surface area (Å²) in [4.78, 5) is 37.6. The minimum absolute atomic E-state index is 0.0658. The fourth-order valence-corrected chi connectivity index (χ4v) is 3.53. The van der Waals surface area contributed by atoms with Gasteiger partial charge < -0.3 is 5.11 Å². The zero-order valence-corrected chi connectivity index (χ0v) is 15.6. The molecule has 1 fully saturated rings. The summed E-state index contributed by atoms with van der Waals surface area (Å²) in [7, 11) is 0. The van der Waals surface area contributed by atoms with E-state index in [1.54, 1.807) is 54.6 Å². The molecule has 148 valence electrons. The molecule has 1 heterocycles. The fourth-order valence-electron chi connectivity index (χ4n) is 3.53. The highest BCUT2D eigenvalue weighted by atomic mass is 16.6. The quantitative estimate of drug-likeness (QED) is 0.232. The van der Waals surface area contributed by atoms with Gasteiger partial charge in [-0.15, -0.1) is 0 Å². The van der Waals surface area contributed by atoms with Gasteiger partial charge in [0.25, 0.3) is 17.4 Å². The van der Waals surface area contributed by atoms with Crippen LogP contribution in [-0.4, -0.2) is 21.7 Å². The van der Waals surface area contributed by atoms with Crippen LogP contribution in [0.5, 0.6) is 0 Å². The first kappa shape index (κ1) is 19.1. The third-order valence-corrected chi connectivity index (χ3v) is 4.95. The predicted molar refractivity (Wildman–Crippen MR) is 111 cm³/mol. The molecular weight excluding hydrogens is 384 g/mol. The molecule has 1 saturated heterocycles.